The topological polar surface area (TPSA) is 24.9 Å². The standard InChI is InChI=1S/C9H9BrF4N2/c1-5-2-3-15-7(6(5)10)16-4-9(13,14)8(11)12/h2-3,8H,4H2,1H3,(H,15,16). The summed E-state index contributed by atoms with van der Waals surface area (Å²) >= 11 is 3.13. The van der Waals surface area contributed by atoms with Gasteiger partial charge in [0.1, 0.15) is 5.82 Å². The molecule has 16 heavy (non-hydrogen) atoms. The number of alkyl halides is 4. The van der Waals surface area contributed by atoms with Gasteiger partial charge in [0.2, 0.25) is 0 Å². The summed E-state index contributed by atoms with van der Waals surface area (Å²) in [6.45, 7) is 0.585. The normalized spacial score (nSPS) is 11.9. The molecule has 90 valence electrons. The van der Waals surface area contributed by atoms with Crippen molar-refractivity contribution in [1.82, 2.24) is 4.98 Å². The summed E-state index contributed by atoms with van der Waals surface area (Å²) in [5.74, 6) is -3.94. The summed E-state index contributed by atoms with van der Waals surface area (Å²) < 4.78 is 49.4. The number of hydrogen-bond donors (Lipinski definition) is 1. The second kappa shape index (κ2) is 4.99. The highest BCUT2D eigenvalue weighted by Crippen LogP contribution is 2.26. The molecule has 1 aromatic heterocycles. The van der Waals surface area contributed by atoms with Crippen LogP contribution in [0.3, 0.4) is 0 Å². The van der Waals surface area contributed by atoms with Gasteiger partial charge in [0.15, 0.2) is 0 Å². The number of hydrogen-bond acceptors (Lipinski definition) is 2. The highest BCUT2D eigenvalue weighted by Gasteiger charge is 2.40. The molecule has 0 saturated heterocycles. The summed E-state index contributed by atoms with van der Waals surface area (Å²) in [5.41, 5.74) is 0.776. The summed E-state index contributed by atoms with van der Waals surface area (Å²) in [6.07, 6.45) is -2.29. The van der Waals surface area contributed by atoms with Crippen LogP contribution >= 0.6 is 15.9 Å². The van der Waals surface area contributed by atoms with Crippen molar-refractivity contribution >= 4 is 21.7 Å². The molecular weight excluding hydrogens is 292 g/mol. The highest BCUT2D eigenvalue weighted by molar-refractivity contribution is 9.10. The van der Waals surface area contributed by atoms with E-state index in [-0.39, 0.29) is 5.82 Å². The Hall–Kier alpha value is -0.850. The first-order chi connectivity index (χ1) is 7.34. The summed E-state index contributed by atoms with van der Waals surface area (Å²) in [5, 5.41) is 2.19. The predicted octanol–water partition coefficient (Wildman–Crippen LogP) is 3.46. The van der Waals surface area contributed by atoms with Gasteiger partial charge >= 0.3 is 12.3 Å². The van der Waals surface area contributed by atoms with Crippen molar-refractivity contribution in [2.45, 2.75) is 19.3 Å². The van der Waals surface area contributed by atoms with Gasteiger partial charge in [0.25, 0.3) is 0 Å². The molecule has 0 saturated carbocycles. The van der Waals surface area contributed by atoms with E-state index in [4.69, 9.17) is 0 Å². The number of anilines is 1. The molecule has 0 amide bonds. The minimum Gasteiger partial charge on any atom is -0.363 e. The largest absolute Gasteiger partial charge is 0.363 e. The fraction of sp³-hybridized carbons (Fsp3) is 0.444. The maximum atomic E-state index is 12.6. The third-order valence-corrected chi connectivity index (χ3v) is 2.89. The van der Waals surface area contributed by atoms with E-state index in [1.165, 1.54) is 6.20 Å². The van der Waals surface area contributed by atoms with Crippen molar-refractivity contribution in [2.24, 2.45) is 0 Å². The van der Waals surface area contributed by atoms with Crippen LogP contribution < -0.4 is 5.32 Å². The van der Waals surface area contributed by atoms with E-state index in [1.54, 1.807) is 13.0 Å². The zero-order valence-electron chi connectivity index (χ0n) is 8.28. The van der Waals surface area contributed by atoms with Crippen LogP contribution in [-0.4, -0.2) is 23.9 Å². The molecule has 0 radical (unpaired) electrons. The average molecular weight is 301 g/mol. The molecule has 1 N–H and O–H groups in total. The molecule has 0 aromatic carbocycles. The number of halogens is 5. The van der Waals surface area contributed by atoms with Gasteiger partial charge in [0, 0.05) is 6.20 Å². The molecule has 0 aliphatic rings. The van der Waals surface area contributed by atoms with Crippen LogP contribution in [0.1, 0.15) is 5.56 Å². The van der Waals surface area contributed by atoms with E-state index in [2.05, 4.69) is 26.2 Å². The monoisotopic (exact) mass is 300 g/mol. The third kappa shape index (κ3) is 3.07. The van der Waals surface area contributed by atoms with Gasteiger partial charge in [-0.1, -0.05) is 0 Å². The SMILES string of the molecule is Cc1ccnc(NCC(F)(F)C(F)F)c1Br. The van der Waals surface area contributed by atoms with E-state index in [0.29, 0.717) is 4.47 Å². The Morgan fingerprint density at radius 2 is 2.12 bits per heavy atom. The van der Waals surface area contributed by atoms with E-state index < -0.39 is 18.9 Å². The van der Waals surface area contributed by atoms with Crippen molar-refractivity contribution in [1.29, 1.82) is 0 Å². The van der Waals surface area contributed by atoms with Crippen LogP contribution in [0.4, 0.5) is 23.4 Å². The van der Waals surface area contributed by atoms with Crippen molar-refractivity contribution in [2.75, 3.05) is 11.9 Å². The average Bonchev–Trinajstić information content (AvgIpc) is 2.20. The zero-order valence-corrected chi connectivity index (χ0v) is 9.86. The fourth-order valence-electron chi connectivity index (χ4n) is 0.942. The maximum absolute atomic E-state index is 12.6. The molecule has 0 unspecified atom stereocenters. The molecule has 0 aliphatic heterocycles. The van der Waals surface area contributed by atoms with E-state index in [1.807, 2.05) is 0 Å². The first-order valence-corrected chi connectivity index (χ1v) is 5.15. The van der Waals surface area contributed by atoms with Gasteiger partial charge in [0.05, 0.1) is 11.0 Å². The van der Waals surface area contributed by atoms with Crippen LogP contribution in [0.2, 0.25) is 0 Å². The Labute approximate surface area is 98.2 Å². The lowest BCUT2D eigenvalue weighted by molar-refractivity contribution is -0.117. The molecule has 7 heteroatoms. The van der Waals surface area contributed by atoms with Crippen molar-refractivity contribution in [3.8, 4) is 0 Å². The number of pyridine rings is 1. The lowest BCUT2D eigenvalue weighted by atomic mass is 10.3. The van der Waals surface area contributed by atoms with Gasteiger partial charge in [-0.3, -0.25) is 0 Å². The van der Waals surface area contributed by atoms with E-state index in [9.17, 15) is 17.6 Å². The van der Waals surface area contributed by atoms with Crippen LogP contribution in [-0.2, 0) is 0 Å². The predicted molar refractivity (Wildman–Crippen MR) is 56.1 cm³/mol. The number of nitrogens with zero attached hydrogens (tertiary/aromatic N) is 1. The summed E-state index contributed by atoms with van der Waals surface area (Å²) in [7, 11) is 0. The third-order valence-electron chi connectivity index (χ3n) is 1.89. The van der Waals surface area contributed by atoms with Crippen LogP contribution in [0.25, 0.3) is 0 Å². The Kier molecular flexibility index (Phi) is 4.12. The van der Waals surface area contributed by atoms with Crippen LogP contribution in [0.15, 0.2) is 16.7 Å². The Balaban J connectivity index is 2.72. The second-order valence-electron chi connectivity index (χ2n) is 3.21. The molecule has 0 fully saturated rings. The van der Waals surface area contributed by atoms with Gasteiger partial charge in [-0.2, -0.15) is 8.78 Å². The zero-order chi connectivity index (χ0) is 12.3. The van der Waals surface area contributed by atoms with Crippen molar-refractivity contribution < 1.29 is 17.6 Å². The fourth-order valence-corrected chi connectivity index (χ4v) is 1.32. The molecule has 1 aromatic rings. The maximum Gasteiger partial charge on any atom is 0.324 e. The van der Waals surface area contributed by atoms with Crippen LogP contribution in [0.5, 0.6) is 0 Å². The minimum atomic E-state index is -4.06. The molecule has 1 heterocycles. The number of aryl methyl sites for hydroxylation is 1. The Morgan fingerprint density at radius 3 is 2.69 bits per heavy atom. The van der Waals surface area contributed by atoms with E-state index >= 15 is 0 Å². The Bertz CT molecular complexity index is 371. The minimum absolute atomic E-state index is 0.125. The molecule has 0 aliphatic carbocycles. The van der Waals surface area contributed by atoms with Crippen molar-refractivity contribution in [3.05, 3.63) is 22.3 Å². The Morgan fingerprint density at radius 1 is 1.50 bits per heavy atom. The smallest absolute Gasteiger partial charge is 0.324 e. The number of aromatic nitrogens is 1. The lowest BCUT2D eigenvalue weighted by Crippen LogP contribution is -2.35. The number of rotatable bonds is 4. The quantitative estimate of drug-likeness (QED) is 0.861. The molecule has 2 nitrogen and oxygen atoms in total. The van der Waals surface area contributed by atoms with Crippen molar-refractivity contribution in [3.63, 3.8) is 0 Å². The van der Waals surface area contributed by atoms with Gasteiger partial charge in [-0.05, 0) is 34.5 Å². The van der Waals surface area contributed by atoms with Gasteiger partial charge in [-0.15, -0.1) is 0 Å². The number of nitrogens with one attached hydrogen (secondary N) is 1. The van der Waals surface area contributed by atoms with E-state index in [0.717, 1.165) is 5.56 Å². The lowest BCUT2D eigenvalue weighted by Gasteiger charge is -2.17. The molecule has 1 rings (SSSR count). The second-order valence-corrected chi connectivity index (χ2v) is 4.00. The molecule has 0 bridgehead atoms. The van der Waals surface area contributed by atoms with Gasteiger partial charge < -0.3 is 5.32 Å². The molecule has 0 atom stereocenters. The first kappa shape index (κ1) is 13.2. The molecular formula is C9H9BrF4N2. The molecule has 0 spiro atoms. The highest BCUT2D eigenvalue weighted by atomic mass is 79.9. The summed E-state index contributed by atoms with van der Waals surface area (Å²) in [4.78, 5) is 3.77. The van der Waals surface area contributed by atoms with Gasteiger partial charge in [-0.25, -0.2) is 13.8 Å². The summed E-state index contributed by atoms with van der Waals surface area (Å²) in [6, 6.07) is 1.67. The first-order valence-electron chi connectivity index (χ1n) is 4.35. The van der Waals surface area contributed by atoms with Crippen LogP contribution in [0, 0.1) is 6.92 Å².